The number of para-hydroxylation sites is 1. The highest BCUT2D eigenvalue weighted by molar-refractivity contribution is 5.92. The van der Waals surface area contributed by atoms with Crippen molar-refractivity contribution in [3.63, 3.8) is 0 Å². The first-order valence-electron chi connectivity index (χ1n) is 5.32. The van der Waals surface area contributed by atoms with E-state index in [2.05, 4.69) is 15.7 Å². The molecule has 5 heteroatoms. The summed E-state index contributed by atoms with van der Waals surface area (Å²) in [6.45, 7) is 0.223. The number of carbonyl (C=O) groups excluding carboxylic acids is 1. The fraction of sp³-hybridized carbons (Fsp3) is 0.167. The molecule has 0 aliphatic heterocycles. The van der Waals surface area contributed by atoms with Crippen LogP contribution in [0.5, 0.6) is 0 Å². The van der Waals surface area contributed by atoms with Gasteiger partial charge in [0.2, 0.25) is 5.91 Å². The van der Waals surface area contributed by atoms with Crippen molar-refractivity contribution in [2.24, 2.45) is 7.05 Å². The number of aryl methyl sites for hydroxylation is 1. The molecule has 0 radical (unpaired) electrons. The smallest absolute Gasteiger partial charge is 0.244 e. The molecule has 1 heterocycles. The van der Waals surface area contributed by atoms with Crippen molar-refractivity contribution in [2.75, 3.05) is 17.2 Å². The average Bonchev–Trinajstić information content (AvgIpc) is 2.73. The van der Waals surface area contributed by atoms with Gasteiger partial charge in [0.25, 0.3) is 0 Å². The van der Waals surface area contributed by atoms with Crippen molar-refractivity contribution in [1.29, 1.82) is 0 Å². The van der Waals surface area contributed by atoms with Gasteiger partial charge in [-0.3, -0.25) is 9.48 Å². The van der Waals surface area contributed by atoms with Gasteiger partial charge < -0.3 is 10.6 Å². The van der Waals surface area contributed by atoms with E-state index < -0.39 is 0 Å². The molecule has 0 unspecified atom stereocenters. The summed E-state index contributed by atoms with van der Waals surface area (Å²) in [4.78, 5) is 11.6. The number of carbonyl (C=O) groups is 1. The van der Waals surface area contributed by atoms with Gasteiger partial charge in [0.15, 0.2) is 5.82 Å². The molecule has 1 aromatic carbocycles. The second kappa shape index (κ2) is 5.16. The Labute approximate surface area is 99.5 Å². The molecule has 1 aromatic heterocycles. The normalized spacial score (nSPS) is 9.94. The SMILES string of the molecule is Cn1ccc(NC(=O)CNc2ccccc2)n1. The van der Waals surface area contributed by atoms with Crippen LogP contribution in [-0.4, -0.2) is 22.2 Å². The molecular weight excluding hydrogens is 216 g/mol. The second-order valence-electron chi connectivity index (χ2n) is 3.64. The summed E-state index contributed by atoms with van der Waals surface area (Å²) in [6.07, 6.45) is 1.78. The quantitative estimate of drug-likeness (QED) is 0.836. The van der Waals surface area contributed by atoms with E-state index in [0.29, 0.717) is 5.82 Å². The third-order valence-corrected chi connectivity index (χ3v) is 2.21. The molecule has 1 amide bonds. The minimum absolute atomic E-state index is 0.118. The molecule has 2 N–H and O–H groups in total. The molecular formula is C12H14N4O. The maximum Gasteiger partial charge on any atom is 0.244 e. The Morgan fingerprint density at radius 3 is 2.71 bits per heavy atom. The number of hydrogen-bond donors (Lipinski definition) is 2. The number of hydrogen-bond acceptors (Lipinski definition) is 3. The zero-order valence-electron chi connectivity index (χ0n) is 9.55. The minimum Gasteiger partial charge on any atom is -0.376 e. The summed E-state index contributed by atoms with van der Waals surface area (Å²) in [5, 5.41) is 9.79. The highest BCUT2D eigenvalue weighted by Gasteiger charge is 2.03. The molecule has 0 saturated heterocycles. The molecule has 0 aliphatic carbocycles. The Kier molecular flexibility index (Phi) is 3.40. The predicted octanol–water partition coefficient (Wildman–Crippen LogP) is 1.47. The maximum atomic E-state index is 11.6. The molecule has 0 bridgehead atoms. The first kappa shape index (κ1) is 11.2. The van der Waals surface area contributed by atoms with Crippen molar-refractivity contribution < 1.29 is 4.79 Å². The van der Waals surface area contributed by atoms with Gasteiger partial charge in [-0.2, -0.15) is 5.10 Å². The summed E-state index contributed by atoms with van der Waals surface area (Å²) >= 11 is 0. The summed E-state index contributed by atoms with van der Waals surface area (Å²) in [5.74, 6) is 0.444. The summed E-state index contributed by atoms with van der Waals surface area (Å²) in [7, 11) is 1.80. The molecule has 0 atom stereocenters. The van der Waals surface area contributed by atoms with Crippen molar-refractivity contribution in [3.8, 4) is 0 Å². The standard InChI is InChI=1S/C12H14N4O/c1-16-8-7-11(15-16)14-12(17)9-13-10-5-3-2-4-6-10/h2-8,13H,9H2,1H3,(H,14,15,17). The number of nitrogens with zero attached hydrogens (tertiary/aromatic N) is 2. The van der Waals surface area contributed by atoms with E-state index in [1.807, 2.05) is 30.3 Å². The van der Waals surface area contributed by atoms with E-state index in [-0.39, 0.29) is 12.5 Å². The summed E-state index contributed by atoms with van der Waals surface area (Å²) in [5.41, 5.74) is 0.920. The van der Waals surface area contributed by atoms with Crippen LogP contribution in [0.4, 0.5) is 11.5 Å². The first-order chi connectivity index (χ1) is 8.24. The number of rotatable bonds is 4. The number of anilines is 2. The number of benzene rings is 1. The first-order valence-corrected chi connectivity index (χ1v) is 5.32. The van der Waals surface area contributed by atoms with Gasteiger partial charge in [-0.15, -0.1) is 0 Å². The largest absolute Gasteiger partial charge is 0.376 e. The maximum absolute atomic E-state index is 11.6. The highest BCUT2D eigenvalue weighted by Crippen LogP contribution is 2.05. The zero-order valence-corrected chi connectivity index (χ0v) is 9.55. The van der Waals surface area contributed by atoms with Crippen molar-refractivity contribution in [3.05, 3.63) is 42.6 Å². The Hall–Kier alpha value is -2.30. The van der Waals surface area contributed by atoms with Gasteiger partial charge >= 0.3 is 0 Å². The molecule has 2 aromatic rings. The average molecular weight is 230 g/mol. The van der Waals surface area contributed by atoms with Gasteiger partial charge in [0, 0.05) is 25.0 Å². The monoisotopic (exact) mass is 230 g/mol. The lowest BCUT2D eigenvalue weighted by Crippen LogP contribution is -2.22. The highest BCUT2D eigenvalue weighted by atomic mass is 16.2. The fourth-order valence-electron chi connectivity index (χ4n) is 1.41. The van der Waals surface area contributed by atoms with Gasteiger partial charge in [-0.05, 0) is 12.1 Å². The van der Waals surface area contributed by atoms with Gasteiger partial charge in [0.1, 0.15) is 0 Å². The van der Waals surface area contributed by atoms with Crippen molar-refractivity contribution in [2.45, 2.75) is 0 Å². The number of amides is 1. The van der Waals surface area contributed by atoms with E-state index in [0.717, 1.165) is 5.69 Å². The van der Waals surface area contributed by atoms with Crippen LogP contribution in [0.25, 0.3) is 0 Å². The fourth-order valence-corrected chi connectivity index (χ4v) is 1.41. The van der Waals surface area contributed by atoms with Crippen LogP contribution in [0.1, 0.15) is 0 Å². The Morgan fingerprint density at radius 2 is 2.06 bits per heavy atom. The van der Waals surface area contributed by atoms with Crippen LogP contribution >= 0.6 is 0 Å². The van der Waals surface area contributed by atoms with Crippen LogP contribution in [0.15, 0.2) is 42.6 Å². The molecule has 0 aliphatic rings. The molecule has 5 nitrogen and oxygen atoms in total. The zero-order chi connectivity index (χ0) is 12.1. The van der Waals surface area contributed by atoms with Crippen LogP contribution in [0.2, 0.25) is 0 Å². The molecule has 2 rings (SSSR count). The molecule has 0 spiro atoms. The lowest BCUT2D eigenvalue weighted by molar-refractivity contribution is -0.114. The number of nitrogens with one attached hydrogen (secondary N) is 2. The van der Waals surface area contributed by atoms with Crippen molar-refractivity contribution >= 4 is 17.4 Å². The topological polar surface area (TPSA) is 59.0 Å². The van der Waals surface area contributed by atoms with Crippen LogP contribution in [0, 0.1) is 0 Å². The third kappa shape index (κ3) is 3.34. The minimum atomic E-state index is -0.118. The summed E-state index contributed by atoms with van der Waals surface area (Å²) in [6, 6.07) is 11.3. The van der Waals surface area contributed by atoms with Crippen LogP contribution in [-0.2, 0) is 11.8 Å². The predicted molar refractivity (Wildman–Crippen MR) is 66.8 cm³/mol. The van der Waals surface area contributed by atoms with Crippen LogP contribution < -0.4 is 10.6 Å². The second-order valence-corrected chi connectivity index (χ2v) is 3.64. The third-order valence-electron chi connectivity index (χ3n) is 2.21. The van der Waals surface area contributed by atoms with Gasteiger partial charge in [-0.25, -0.2) is 0 Å². The van der Waals surface area contributed by atoms with E-state index in [9.17, 15) is 4.79 Å². The van der Waals surface area contributed by atoms with E-state index in [1.165, 1.54) is 0 Å². The molecule has 0 fully saturated rings. The van der Waals surface area contributed by atoms with Crippen LogP contribution in [0.3, 0.4) is 0 Å². The van der Waals surface area contributed by atoms with Gasteiger partial charge in [0.05, 0.1) is 6.54 Å². The van der Waals surface area contributed by atoms with Crippen molar-refractivity contribution in [1.82, 2.24) is 9.78 Å². The Morgan fingerprint density at radius 1 is 1.29 bits per heavy atom. The van der Waals surface area contributed by atoms with E-state index in [4.69, 9.17) is 0 Å². The lowest BCUT2D eigenvalue weighted by atomic mass is 10.3. The summed E-state index contributed by atoms with van der Waals surface area (Å²) < 4.78 is 1.64. The Balaban J connectivity index is 1.82. The molecule has 17 heavy (non-hydrogen) atoms. The Bertz CT molecular complexity index is 492. The van der Waals surface area contributed by atoms with E-state index in [1.54, 1.807) is 24.0 Å². The number of aromatic nitrogens is 2. The molecule has 0 saturated carbocycles. The van der Waals surface area contributed by atoms with Gasteiger partial charge in [-0.1, -0.05) is 18.2 Å². The van der Waals surface area contributed by atoms with E-state index >= 15 is 0 Å². The lowest BCUT2D eigenvalue weighted by Gasteiger charge is -2.05. The molecule has 88 valence electrons.